The Morgan fingerprint density at radius 2 is 1.86 bits per heavy atom. The summed E-state index contributed by atoms with van der Waals surface area (Å²) >= 11 is 5.88. The molecule has 0 saturated carbocycles. The van der Waals surface area contributed by atoms with Gasteiger partial charge < -0.3 is 14.4 Å². The molecule has 1 aliphatic heterocycles. The summed E-state index contributed by atoms with van der Waals surface area (Å²) in [7, 11) is -2.18. The van der Waals surface area contributed by atoms with E-state index in [4.69, 9.17) is 21.1 Å². The van der Waals surface area contributed by atoms with Crippen LogP contribution in [0.5, 0.6) is 11.5 Å². The van der Waals surface area contributed by atoms with Crippen LogP contribution in [0.4, 0.5) is 5.69 Å². The number of para-hydroxylation sites is 1. The molecule has 0 bridgehead atoms. The zero-order chi connectivity index (χ0) is 25.0. The highest BCUT2D eigenvalue weighted by Gasteiger charge is 2.30. The van der Waals surface area contributed by atoms with Crippen molar-refractivity contribution in [3.05, 3.63) is 82.9 Å². The van der Waals surface area contributed by atoms with E-state index in [0.29, 0.717) is 42.4 Å². The number of hydrogen-bond acceptors (Lipinski definition) is 5. The van der Waals surface area contributed by atoms with Crippen molar-refractivity contribution >= 4 is 33.2 Å². The van der Waals surface area contributed by atoms with Crippen molar-refractivity contribution in [1.82, 2.24) is 4.90 Å². The Kier molecular flexibility index (Phi) is 7.52. The lowest BCUT2D eigenvalue weighted by Gasteiger charge is -2.23. The average molecular weight is 515 g/mol. The molecule has 0 aliphatic carbocycles. The van der Waals surface area contributed by atoms with Crippen LogP contribution in [0.15, 0.2) is 71.6 Å². The van der Waals surface area contributed by atoms with E-state index in [9.17, 15) is 13.2 Å². The lowest BCUT2D eigenvalue weighted by Crippen LogP contribution is -2.40. The van der Waals surface area contributed by atoms with Gasteiger partial charge in [-0.15, -0.1) is 0 Å². The van der Waals surface area contributed by atoms with Gasteiger partial charge in [0.2, 0.25) is 0 Å². The molecule has 0 saturated heterocycles. The summed E-state index contributed by atoms with van der Waals surface area (Å²) < 4.78 is 39.7. The first kappa shape index (κ1) is 24.9. The maximum atomic E-state index is 13.2. The molecule has 0 spiro atoms. The van der Waals surface area contributed by atoms with Crippen LogP contribution >= 0.6 is 11.6 Å². The molecule has 3 aromatic carbocycles. The molecule has 1 aliphatic rings. The minimum absolute atomic E-state index is 0.0955. The number of methoxy groups -OCH3 is 1. The Morgan fingerprint density at radius 3 is 2.57 bits per heavy atom. The summed E-state index contributed by atoms with van der Waals surface area (Å²) in [5.74, 6) is 1.25. The minimum atomic E-state index is -3.80. The summed E-state index contributed by atoms with van der Waals surface area (Å²) in [5.41, 5.74) is 2.12. The van der Waals surface area contributed by atoms with Crippen LogP contribution in [0.25, 0.3) is 0 Å². The second-order valence-corrected chi connectivity index (χ2v) is 10.3. The van der Waals surface area contributed by atoms with E-state index in [1.807, 2.05) is 31.2 Å². The van der Waals surface area contributed by atoms with Crippen molar-refractivity contribution in [2.75, 3.05) is 18.4 Å². The Labute approximate surface area is 210 Å². The quantitative estimate of drug-likeness (QED) is 0.462. The third-order valence-corrected chi connectivity index (χ3v) is 7.52. The zero-order valence-corrected chi connectivity index (χ0v) is 21.1. The number of ether oxygens (including phenoxy) is 2. The van der Waals surface area contributed by atoms with Gasteiger partial charge in [0.25, 0.3) is 15.9 Å². The lowest BCUT2D eigenvalue weighted by atomic mass is 10.1. The van der Waals surface area contributed by atoms with Gasteiger partial charge in [0.05, 0.1) is 12.0 Å². The molecule has 1 atom stereocenters. The van der Waals surface area contributed by atoms with Crippen LogP contribution in [0, 0.1) is 0 Å². The largest absolute Gasteiger partial charge is 0.496 e. The third-order valence-electron chi connectivity index (χ3n) is 5.87. The molecule has 1 heterocycles. The first-order valence-corrected chi connectivity index (χ1v) is 13.2. The second-order valence-electron chi connectivity index (χ2n) is 8.22. The van der Waals surface area contributed by atoms with Gasteiger partial charge >= 0.3 is 0 Å². The van der Waals surface area contributed by atoms with E-state index in [0.717, 1.165) is 16.9 Å². The van der Waals surface area contributed by atoms with Crippen molar-refractivity contribution in [2.24, 2.45) is 0 Å². The standard InChI is InChI=1S/C26H27ClN2O5S/c1-3-23-26(30)29(15-14-18-6-4-5-7-24(18)33-2)17-19-16-21(10-13-25(19)34-23)28-35(31,32)22-11-8-20(27)9-12-22/h4-13,16,23,28H,3,14-15,17H2,1-2H3. The van der Waals surface area contributed by atoms with E-state index in [2.05, 4.69) is 4.72 Å². The second kappa shape index (κ2) is 10.6. The maximum Gasteiger partial charge on any atom is 0.263 e. The first-order chi connectivity index (χ1) is 16.8. The van der Waals surface area contributed by atoms with Gasteiger partial charge in [-0.2, -0.15) is 0 Å². The molecule has 1 amide bonds. The van der Waals surface area contributed by atoms with Gasteiger partial charge in [-0.3, -0.25) is 9.52 Å². The molecule has 0 radical (unpaired) electrons. The number of nitrogens with zero attached hydrogens (tertiary/aromatic N) is 1. The monoisotopic (exact) mass is 514 g/mol. The van der Waals surface area contributed by atoms with Gasteiger partial charge in [0.1, 0.15) is 11.5 Å². The van der Waals surface area contributed by atoms with Crippen LogP contribution in [0.3, 0.4) is 0 Å². The van der Waals surface area contributed by atoms with Crippen molar-refractivity contribution < 1.29 is 22.7 Å². The minimum Gasteiger partial charge on any atom is -0.496 e. The molecule has 35 heavy (non-hydrogen) atoms. The number of sulfonamides is 1. The van der Waals surface area contributed by atoms with Crippen LogP contribution in [-0.4, -0.2) is 39.0 Å². The highest BCUT2D eigenvalue weighted by Crippen LogP contribution is 2.31. The number of carbonyl (C=O) groups excluding carboxylic acids is 1. The van der Waals surface area contributed by atoms with Gasteiger partial charge in [-0.05, 0) is 66.9 Å². The number of rotatable bonds is 8. The van der Waals surface area contributed by atoms with Crippen LogP contribution < -0.4 is 14.2 Å². The predicted molar refractivity (Wildman–Crippen MR) is 136 cm³/mol. The van der Waals surface area contributed by atoms with Crippen LogP contribution in [0.1, 0.15) is 24.5 Å². The number of benzene rings is 3. The summed E-state index contributed by atoms with van der Waals surface area (Å²) in [6.45, 7) is 2.68. The number of fused-ring (bicyclic) bond motifs is 1. The number of nitrogens with one attached hydrogen (secondary N) is 1. The number of anilines is 1. The van der Waals surface area contributed by atoms with E-state index in [-0.39, 0.29) is 10.8 Å². The third kappa shape index (κ3) is 5.71. The van der Waals surface area contributed by atoms with E-state index < -0.39 is 16.1 Å². The van der Waals surface area contributed by atoms with E-state index >= 15 is 0 Å². The lowest BCUT2D eigenvalue weighted by molar-refractivity contribution is -0.138. The predicted octanol–water partition coefficient (Wildman–Crippen LogP) is 4.89. The highest BCUT2D eigenvalue weighted by molar-refractivity contribution is 7.92. The fraction of sp³-hybridized carbons (Fsp3) is 0.269. The Hall–Kier alpha value is -3.23. The average Bonchev–Trinajstić information content (AvgIpc) is 2.98. The molecule has 184 valence electrons. The zero-order valence-electron chi connectivity index (χ0n) is 19.5. The molecule has 1 unspecified atom stereocenters. The molecule has 7 nitrogen and oxygen atoms in total. The molecule has 4 rings (SSSR count). The van der Waals surface area contributed by atoms with Gasteiger partial charge in [0, 0.05) is 29.4 Å². The molecular formula is C26H27ClN2O5S. The fourth-order valence-corrected chi connectivity index (χ4v) is 5.19. The topological polar surface area (TPSA) is 84.9 Å². The first-order valence-electron chi connectivity index (χ1n) is 11.3. The summed E-state index contributed by atoms with van der Waals surface area (Å²) in [6, 6.07) is 18.7. The van der Waals surface area contributed by atoms with Crippen LogP contribution in [0.2, 0.25) is 5.02 Å². The summed E-state index contributed by atoms with van der Waals surface area (Å²) in [4.78, 5) is 15.1. The van der Waals surface area contributed by atoms with Crippen molar-refractivity contribution in [3.8, 4) is 11.5 Å². The number of halogens is 1. The maximum absolute atomic E-state index is 13.2. The summed E-state index contributed by atoms with van der Waals surface area (Å²) in [5, 5.41) is 0.453. The van der Waals surface area contributed by atoms with Gasteiger partial charge in [-0.1, -0.05) is 36.7 Å². The van der Waals surface area contributed by atoms with E-state index in [1.165, 1.54) is 24.3 Å². The Balaban J connectivity index is 1.58. The highest BCUT2D eigenvalue weighted by atomic mass is 35.5. The van der Waals surface area contributed by atoms with Gasteiger partial charge in [-0.25, -0.2) is 8.42 Å². The Morgan fingerprint density at radius 1 is 1.11 bits per heavy atom. The SMILES string of the molecule is CCC1Oc2ccc(NS(=O)(=O)c3ccc(Cl)cc3)cc2CN(CCc2ccccc2OC)C1=O. The molecular weight excluding hydrogens is 488 g/mol. The van der Waals surface area contributed by atoms with E-state index in [1.54, 1.807) is 30.2 Å². The van der Waals surface area contributed by atoms with Crippen molar-refractivity contribution in [3.63, 3.8) is 0 Å². The molecule has 3 aromatic rings. The molecule has 0 fully saturated rings. The summed E-state index contributed by atoms with van der Waals surface area (Å²) in [6.07, 6.45) is 0.532. The number of carbonyl (C=O) groups is 1. The number of hydrogen-bond donors (Lipinski definition) is 1. The van der Waals surface area contributed by atoms with Crippen molar-refractivity contribution in [2.45, 2.75) is 37.3 Å². The normalized spacial score (nSPS) is 15.7. The van der Waals surface area contributed by atoms with Gasteiger partial charge in [0.15, 0.2) is 6.10 Å². The Bertz CT molecular complexity index is 1310. The smallest absolute Gasteiger partial charge is 0.263 e. The molecule has 9 heteroatoms. The fourth-order valence-electron chi connectivity index (χ4n) is 4.01. The number of amides is 1. The van der Waals surface area contributed by atoms with Crippen LogP contribution in [-0.2, 0) is 27.8 Å². The molecule has 1 N–H and O–H groups in total. The molecule has 0 aromatic heterocycles. The van der Waals surface area contributed by atoms with Crippen molar-refractivity contribution in [1.29, 1.82) is 0 Å².